The molecule has 0 aliphatic carbocycles. The van der Waals surface area contributed by atoms with Crippen molar-refractivity contribution in [3.8, 4) is 0 Å². The van der Waals surface area contributed by atoms with Crippen LogP contribution in [0.4, 0.5) is 13.2 Å². The molecule has 0 atom stereocenters. The normalized spacial score (nSPS) is 12.2. The Kier molecular flexibility index (Phi) is 5.48. The van der Waals surface area contributed by atoms with Crippen molar-refractivity contribution in [2.75, 3.05) is 0 Å². The van der Waals surface area contributed by atoms with E-state index in [0.717, 1.165) is 19.3 Å². The Morgan fingerprint density at radius 2 is 1.64 bits per heavy atom. The monoisotopic (exact) mass is 313 g/mol. The minimum atomic E-state index is -4.34. The first-order valence-corrected chi connectivity index (χ1v) is 8.01. The van der Waals surface area contributed by atoms with Gasteiger partial charge in [-0.1, -0.05) is 44.7 Å². The SMILES string of the molecule is CCCCCCCCn1c(C(F)(F)F)[n+](C)c2ccccc21. The summed E-state index contributed by atoms with van der Waals surface area (Å²) in [4.78, 5) is 0. The zero-order chi connectivity index (χ0) is 16.2. The molecule has 0 spiro atoms. The van der Waals surface area contributed by atoms with Gasteiger partial charge in [-0.05, 0) is 25.0 Å². The largest absolute Gasteiger partial charge is 0.495 e. The van der Waals surface area contributed by atoms with Gasteiger partial charge in [-0.2, -0.15) is 13.2 Å². The van der Waals surface area contributed by atoms with E-state index < -0.39 is 12.0 Å². The number of hydrogen-bond acceptors (Lipinski definition) is 0. The van der Waals surface area contributed by atoms with Gasteiger partial charge >= 0.3 is 12.0 Å². The van der Waals surface area contributed by atoms with Crippen molar-refractivity contribution in [1.82, 2.24) is 4.57 Å². The molecule has 0 saturated heterocycles. The average molecular weight is 313 g/mol. The first-order chi connectivity index (χ1) is 10.5. The summed E-state index contributed by atoms with van der Waals surface area (Å²) in [5.74, 6) is -0.567. The summed E-state index contributed by atoms with van der Waals surface area (Å²) < 4.78 is 42.8. The molecular formula is C17H24F3N2+. The molecule has 0 radical (unpaired) electrons. The molecule has 1 heterocycles. The van der Waals surface area contributed by atoms with Gasteiger partial charge in [0.15, 0.2) is 11.0 Å². The van der Waals surface area contributed by atoms with Crippen LogP contribution in [0, 0.1) is 0 Å². The second kappa shape index (κ2) is 7.16. The van der Waals surface area contributed by atoms with Crippen LogP contribution in [0.3, 0.4) is 0 Å². The average Bonchev–Trinajstić information content (AvgIpc) is 2.76. The van der Waals surface area contributed by atoms with Crippen molar-refractivity contribution in [3.05, 3.63) is 30.1 Å². The Labute approximate surface area is 129 Å². The number of aromatic nitrogens is 2. The van der Waals surface area contributed by atoms with Crippen LogP contribution in [0.2, 0.25) is 0 Å². The van der Waals surface area contributed by atoms with Crippen molar-refractivity contribution < 1.29 is 17.7 Å². The number of hydrogen-bond donors (Lipinski definition) is 0. The molecule has 0 fully saturated rings. The molecule has 0 saturated carbocycles. The molecule has 0 aliphatic rings. The number of halogens is 3. The van der Waals surface area contributed by atoms with E-state index in [1.165, 1.54) is 35.4 Å². The molecule has 2 aromatic rings. The predicted octanol–water partition coefficient (Wildman–Crippen LogP) is 4.85. The lowest BCUT2D eigenvalue weighted by Crippen LogP contribution is -2.38. The number of fused-ring (bicyclic) bond motifs is 1. The maximum atomic E-state index is 13.4. The lowest BCUT2D eigenvalue weighted by atomic mass is 10.1. The van der Waals surface area contributed by atoms with Crippen molar-refractivity contribution >= 4 is 11.0 Å². The van der Waals surface area contributed by atoms with E-state index in [4.69, 9.17) is 0 Å². The first-order valence-electron chi connectivity index (χ1n) is 8.01. The Morgan fingerprint density at radius 1 is 1.00 bits per heavy atom. The minimum Gasteiger partial charge on any atom is -0.222 e. The first kappa shape index (κ1) is 16.8. The third kappa shape index (κ3) is 3.62. The number of benzene rings is 1. The van der Waals surface area contributed by atoms with Crippen LogP contribution in [0.1, 0.15) is 51.3 Å². The van der Waals surface area contributed by atoms with E-state index in [0.29, 0.717) is 17.6 Å². The zero-order valence-electron chi connectivity index (χ0n) is 13.3. The molecule has 122 valence electrons. The summed E-state index contributed by atoms with van der Waals surface area (Å²) in [6, 6.07) is 7.07. The predicted molar refractivity (Wildman–Crippen MR) is 81.5 cm³/mol. The molecule has 0 unspecified atom stereocenters. The van der Waals surface area contributed by atoms with Gasteiger partial charge in [0.1, 0.15) is 0 Å². The van der Waals surface area contributed by atoms with Crippen LogP contribution in [0.15, 0.2) is 24.3 Å². The van der Waals surface area contributed by atoms with E-state index >= 15 is 0 Å². The third-order valence-electron chi connectivity index (χ3n) is 4.10. The fourth-order valence-electron chi connectivity index (χ4n) is 3.01. The Morgan fingerprint density at radius 3 is 2.32 bits per heavy atom. The summed E-state index contributed by atoms with van der Waals surface area (Å²) in [6.45, 7) is 2.57. The third-order valence-corrected chi connectivity index (χ3v) is 4.10. The quantitative estimate of drug-likeness (QED) is 0.510. The fraction of sp³-hybridized carbons (Fsp3) is 0.588. The van der Waals surface area contributed by atoms with Crippen LogP contribution >= 0.6 is 0 Å². The summed E-state index contributed by atoms with van der Waals surface area (Å²) in [6.07, 6.45) is 2.07. The van der Waals surface area contributed by atoms with E-state index in [1.807, 2.05) is 0 Å². The van der Waals surface area contributed by atoms with Gasteiger partial charge in [0.05, 0.1) is 13.6 Å². The zero-order valence-corrected chi connectivity index (χ0v) is 13.3. The number of aryl methyl sites for hydroxylation is 2. The number of nitrogens with zero attached hydrogens (tertiary/aromatic N) is 2. The number of rotatable bonds is 7. The fourth-order valence-corrected chi connectivity index (χ4v) is 3.01. The van der Waals surface area contributed by atoms with Gasteiger partial charge in [0.2, 0.25) is 0 Å². The van der Waals surface area contributed by atoms with Crippen LogP contribution in [0.5, 0.6) is 0 Å². The second-order valence-electron chi connectivity index (χ2n) is 5.79. The summed E-state index contributed by atoms with van der Waals surface area (Å²) in [5.41, 5.74) is 1.28. The van der Waals surface area contributed by atoms with Gasteiger partial charge in [0.25, 0.3) is 0 Å². The maximum Gasteiger partial charge on any atom is 0.495 e. The standard InChI is InChI=1S/C17H24F3N2/c1-3-4-5-6-7-10-13-22-15-12-9-8-11-14(15)21(2)16(22)17(18,19)20/h8-9,11-12H,3-7,10,13H2,1-2H3/q+1. The molecule has 0 amide bonds. The molecular weight excluding hydrogens is 289 g/mol. The molecule has 5 heteroatoms. The van der Waals surface area contributed by atoms with E-state index in [1.54, 1.807) is 24.3 Å². The lowest BCUT2D eigenvalue weighted by molar-refractivity contribution is -0.667. The highest BCUT2D eigenvalue weighted by molar-refractivity contribution is 5.72. The van der Waals surface area contributed by atoms with Crippen LogP contribution in [-0.4, -0.2) is 4.57 Å². The molecule has 0 bridgehead atoms. The number of alkyl halides is 3. The van der Waals surface area contributed by atoms with Crippen LogP contribution in [0.25, 0.3) is 11.0 Å². The molecule has 1 aromatic heterocycles. The molecule has 2 nitrogen and oxygen atoms in total. The molecule has 0 aliphatic heterocycles. The van der Waals surface area contributed by atoms with Gasteiger partial charge in [-0.3, -0.25) is 0 Å². The maximum absolute atomic E-state index is 13.4. The minimum absolute atomic E-state index is 0.419. The van der Waals surface area contributed by atoms with E-state index in [9.17, 15) is 13.2 Å². The molecule has 22 heavy (non-hydrogen) atoms. The van der Waals surface area contributed by atoms with Gasteiger partial charge < -0.3 is 0 Å². The summed E-state index contributed by atoms with van der Waals surface area (Å²) in [5, 5.41) is 0. The molecule has 1 aromatic carbocycles. The Bertz CT molecular complexity index is 614. The second-order valence-corrected chi connectivity index (χ2v) is 5.79. The Balaban J connectivity index is 2.20. The molecule has 0 N–H and O–H groups in total. The highest BCUT2D eigenvalue weighted by atomic mass is 19.4. The Hall–Kier alpha value is -1.52. The highest BCUT2D eigenvalue weighted by Gasteiger charge is 2.45. The van der Waals surface area contributed by atoms with Crippen LogP contribution in [-0.2, 0) is 19.8 Å². The van der Waals surface area contributed by atoms with Gasteiger partial charge in [0, 0.05) is 0 Å². The van der Waals surface area contributed by atoms with Crippen molar-refractivity contribution in [3.63, 3.8) is 0 Å². The van der Waals surface area contributed by atoms with E-state index in [-0.39, 0.29) is 0 Å². The van der Waals surface area contributed by atoms with Gasteiger partial charge in [-0.25, -0.2) is 9.13 Å². The summed E-state index contributed by atoms with van der Waals surface area (Å²) in [7, 11) is 1.49. The van der Waals surface area contributed by atoms with Crippen LogP contribution < -0.4 is 4.57 Å². The van der Waals surface area contributed by atoms with Gasteiger partial charge in [-0.15, -0.1) is 0 Å². The van der Waals surface area contributed by atoms with E-state index in [2.05, 4.69) is 6.92 Å². The lowest BCUT2D eigenvalue weighted by Gasteiger charge is -2.06. The van der Waals surface area contributed by atoms with Crippen molar-refractivity contribution in [2.24, 2.45) is 7.05 Å². The number of unbranched alkanes of at least 4 members (excludes halogenated alkanes) is 5. The number of para-hydroxylation sites is 2. The molecule has 2 rings (SSSR count). The summed E-state index contributed by atoms with van der Waals surface area (Å²) >= 11 is 0. The topological polar surface area (TPSA) is 8.81 Å². The smallest absolute Gasteiger partial charge is 0.222 e. The van der Waals surface area contributed by atoms with Crippen molar-refractivity contribution in [1.29, 1.82) is 0 Å². The number of imidazole rings is 1. The van der Waals surface area contributed by atoms with Crippen molar-refractivity contribution in [2.45, 2.75) is 58.2 Å². The highest BCUT2D eigenvalue weighted by Crippen LogP contribution is 2.30.